The van der Waals surface area contributed by atoms with Gasteiger partial charge in [0.1, 0.15) is 5.75 Å². The van der Waals surface area contributed by atoms with Crippen LogP contribution in [-0.4, -0.2) is 33.0 Å². The Kier molecular flexibility index (Phi) is 6.91. The summed E-state index contributed by atoms with van der Waals surface area (Å²) in [6.45, 7) is 1.57. The lowest BCUT2D eigenvalue weighted by atomic mass is 10.3. The van der Waals surface area contributed by atoms with E-state index in [2.05, 4.69) is 5.32 Å². The van der Waals surface area contributed by atoms with Crippen LogP contribution in [-0.2, 0) is 24.3 Å². The van der Waals surface area contributed by atoms with E-state index in [0.29, 0.717) is 11.4 Å². The van der Waals surface area contributed by atoms with Crippen LogP contribution in [0.2, 0.25) is 0 Å². The molecule has 0 heterocycles. The van der Waals surface area contributed by atoms with Gasteiger partial charge in [0.05, 0.1) is 17.9 Å². The average molecular weight is 392 g/mol. The first-order valence-corrected chi connectivity index (χ1v) is 9.61. The maximum Gasteiger partial charge on any atom is 0.310 e. The second-order valence-electron chi connectivity index (χ2n) is 5.60. The molecule has 144 valence electrons. The van der Waals surface area contributed by atoms with Crippen LogP contribution in [0, 0.1) is 0 Å². The fourth-order valence-corrected chi connectivity index (χ4v) is 2.57. The van der Waals surface area contributed by atoms with E-state index in [1.807, 2.05) is 18.2 Å². The highest BCUT2D eigenvalue weighted by molar-refractivity contribution is 7.89. The Labute approximate surface area is 157 Å². The number of para-hydroxylation sites is 1. The van der Waals surface area contributed by atoms with Gasteiger partial charge < -0.3 is 14.8 Å². The summed E-state index contributed by atoms with van der Waals surface area (Å²) in [5.41, 5.74) is 0.350. The van der Waals surface area contributed by atoms with Crippen LogP contribution in [0.15, 0.2) is 59.5 Å². The van der Waals surface area contributed by atoms with Gasteiger partial charge in [-0.05, 0) is 43.3 Å². The number of ether oxygens (including phenoxy) is 2. The second kappa shape index (κ2) is 9.15. The molecule has 1 amide bonds. The molecular formula is C18H20N2O6S. The molecule has 0 spiro atoms. The highest BCUT2D eigenvalue weighted by Gasteiger charge is 2.18. The van der Waals surface area contributed by atoms with Crippen molar-refractivity contribution in [3.05, 3.63) is 54.6 Å². The SMILES string of the molecule is C[C@@H](OC(=O)CCOc1ccccc1)C(=O)Nc1ccc(S(N)(=O)=O)cc1. The Morgan fingerprint density at radius 2 is 1.70 bits per heavy atom. The number of primary sulfonamides is 1. The molecule has 0 unspecified atom stereocenters. The van der Waals surface area contributed by atoms with E-state index in [-0.39, 0.29) is 17.9 Å². The highest BCUT2D eigenvalue weighted by Crippen LogP contribution is 2.13. The summed E-state index contributed by atoms with van der Waals surface area (Å²) in [5, 5.41) is 7.53. The van der Waals surface area contributed by atoms with Crippen molar-refractivity contribution < 1.29 is 27.5 Å². The zero-order valence-electron chi connectivity index (χ0n) is 14.6. The van der Waals surface area contributed by atoms with Crippen molar-refractivity contribution >= 4 is 27.6 Å². The average Bonchev–Trinajstić information content (AvgIpc) is 2.62. The summed E-state index contributed by atoms with van der Waals surface area (Å²) in [5.74, 6) is -0.479. The van der Waals surface area contributed by atoms with Crippen molar-refractivity contribution in [2.75, 3.05) is 11.9 Å². The second-order valence-corrected chi connectivity index (χ2v) is 7.16. The maximum absolute atomic E-state index is 12.1. The molecule has 0 bridgehead atoms. The Morgan fingerprint density at radius 3 is 2.30 bits per heavy atom. The number of hydrogen-bond donors (Lipinski definition) is 2. The maximum atomic E-state index is 12.1. The molecule has 0 fully saturated rings. The molecule has 0 saturated heterocycles. The summed E-state index contributed by atoms with van der Waals surface area (Å²) in [6.07, 6.45) is -1.03. The molecule has 2 aromatic rings. The summed E-state index contributed by atoms with van der Waals surface area (Å²) in [6, 6.07) is 14.3. The Hall–Kier alpha value is -2.91. The van der Waals surface area contributed by atoms with E-state index < -0.39 is 28.0 Å². The van der Waals surface area contributed by atoms with Gasteiger partial charge in [-0.25, -0.2) is 13.6 Å². The predicted octanol–water partition coefficient (Wildman–Crippen LogP) is 1.67. The van der Waals surface area contributed by atoms with E-state index in [1.165, 1.54) is 31.2 Å². The van der Waals surface area contributed by atoms with Crippen LogP contribution in [0.1, 0.15) is 13.3 Å². The van der Waals surface area contributed by atoms with Crippen molar-refractivity contribution in [1.82, 2.24) is 0 Å². The molecule has 9 heteroatoms. The molecule has 2 aromatic carbocycles. The minimum Gasteiger partial charge on any atom is -0.493 e. The number of carbonyl (C=O) groups is 2. The molecule has 0 saturated carbocycles. The quantitative estimate of drug-likeness (QED) is 0.659. The molecule has 27 heavy (non-hydrogen) atoms. The number of nitrogens with two attached hydrogens (primary N) is 1. The van der Waals surface area contributed by atoms with Gasteiger partial charge in [0, 0.05) is 5.69 Å². The van der Waals surface area contributed by atoms with Gasteiger partial charge in [-0.3, -0.25) is 9.59 Å². The molecule has 8 nitrogen and oxygen atoms in total. The lowest BCUT2D eigenvalue weighted by Crippen LogP contribution is -2.30. The van der Waals surface area contributed by atoms with Crippen molar-refractivity contribution in [2.45, 2.75) is 24.3 Å². The number of nitrogens with one attached hydrogen (secondary N) is 1. The summed E-state index contributed by atoms with van der Waals surface area (Å²) < 4.78 is 32.8. The number of sulfonamides is 1. The largest absolute Gasteiger partial charge is 0.493 e. The van der Waals surface area contributed by atoms with Crippen LogP contribution >= 0.6 is 0 Å². The normalized spacial score (nSPS) is 12.1. The number of esters is 1. The number of rotatable bonds is 8. The zero-order chi connectivity index (χ0) is 19.9. The van der Waals surface area contributed by atoms with E-state index >= 15 is 0 Å². The number of benzene rings is 2. The topological polar surface area (TPSA) is 125 Å². The monoisotopic (exact) mass is 392 g/mol. The third-order valence-electron chi connectivity index (χ3n) is 3.45. The lowest BCUT2D eigenvalue weighted by Gasteiger charge is -2.14. The van der Waals surface area contributed by atoms with Crippen LogP contribution in [0.4, 0.5) is 5.69 Å². The molecule has 0 aliphatic heterocycles. The van der Waals surface area contributed by atoms with Crippen molar-refractivity contribution in [3.8, 4) is 5.75 Å². The van der Waals surface area contributed by atoms with Crippen molar-refractivity contribution in [3.63, 3.8) is 0 Å². The van der Waals surface area contributed by atoms with Gasteiger partial charge in [0.25, 0.3) is 5.91 Å². The van der Waals surface area contributed by atoms with E-state index in [9.17, 15) is 18.0 Å². The Balaban J connectivity index is 1.78. The number of amides is 1. The van der Waals surface area contributed by atoms with E-state index in [4.69, 9.17) is 14.6 Å². The number of carbonyl (C=O) groups excluding carboxylic acids is 2. The number of anilines is 1. The Morgan fingerprint density at radius 1 is 1.07 bits per heavy atom. The summed E-state index contributed by atoms with van der Waals surface area (Å²) in [4.78, 5) is 23.8. The molecule has 0 aliphatic carbocycles. The van der Waals surface area contributed by atoms with Gasteiger partial charge in [-0.1, -0.05) is 18.2 Å². The van der Waals surface area contributed by atoms with Crippen LogP contribution in [0.3, 0.4) is 0 Å². The molecule has 0 aliphatic rings. The minimum atomic E-state index is -3.80. The van der Waals surface area contributed by atoms with Crippen LogP contribution in [0.5, 0.6) is 5.75 Å². The Bertz CT molecular complexity index is 882. The predicted molar refractivity (Wildman–Crippen MR) is 98.6 cm³/mol. The summed E-state index contributed by atoms with van der Waals surface area (Å²) >= 11 is 0. The van der Waals surface area contributed by atoms with Crippen LogP contribution < -0.4 is 15.2 Å². The van der Waals surface area contributed by atoms with Gasteiger partial charge >= 0.3 is 5.97 Å². The van der Waals surface area contributed by atoms with Crippen molar-refractivity contribution in [2.24, 2.45) is 5.14 Å². The van der Waals surface area contributed by atoms with E-state index in [0.717, 1.165) is 0 Å². The third-order valence-corrected chi connectivity index (χ3v) is 4.38. The first kappa shape index (κ1) is 20.4. The third kappa shape index (κ3) is 6.72. The molecule has 0 radical (unpaired) electrons. The van der Waals surface area contributed by atoms with Gasteiger partial charge in [0.15, 0.2) is 6.10 Å². The fraction of sp³-hybridized carbons (Fsp3) is 0.222. The molecule has 1 atom stereocenters. The highest BCUT2D eigenvalue weighted by atomic mass is 32.2. The molecule has 0 aromatic heterocycles. The zero-order valence-corrected chi connectivity index (χ0v) is 15.4. The van der Waals surface area contributed by atoms with Crippen molar-refractivity contribution in [1.29, 1.82) is 0 Å². The summed E-state index contributed by atoms with van der Waals surface area (Å²) in [7, 11) is -3.80. The molecular weight excluding hydrogens is 372 g/mol. The van der Waals surface area contributed by atoms with Gasteiger partial charge in [0.2, 0.25) is 10.0 Å². The van der Waals surface area contributed by atoms with E-state index in [1.54, 1.807) is 12.1 Å². The number of hydrogen-bond acceptors (Lipinski definition) is 6. The standard InChI is InChI=1S/C18H20N2O6S/c1-13(26-17(21)11-12-25-15-5-3-2-4-6-15)18(22)20-14-7-9-16(10-8-14)27(19,23)24/h2-10,13H,11-12H2,1H3,(H,20,22)(H2,19,23,24)/t13-/m1/s1. The fourth-order valence-electron chi connectivity index (χ4n) is 2.05. The van der Waals surface area contributed by atoms with Gasteiger partial charge in [-0.15, -0.1) is 0 Å². The molecule has 3 N–H and O–H groups in total. The van der Waals surface area contributed by atoms with Gasteiger partial charge in [-0.2, -0.15) is 0 Å². The minimum absolute atomic E-state index is 0.00439. The van der Waals surface area contributed by atoms with Crippen LogP contribution in [0.25, 0.3) is 0 Å². The smallest absolute Gasteiger partial charge is 0.310 e. The first-order chi connectivity index (χ1) is 12.8. The lowest BCUT2D eigenvalue weighted by molar-refractivity contribution is -0.153. The first-order valence-electron chi connectivity index (χ1n) is 8.07. The molecule has 2 rings (SSSR count).